The summed E-state index contributed by atoms with van der Waals surface area (Å²) in [5.74, 6) is -0.691. The third-order valence-corrected chi connectivity index (χ3v) is 8.24. The van der Waals surface area contributed by atoms with Gasteiger partial charge in [0.25, 0.3) is 11.8 Å². The molecule has 6 heteroatoms. The maximum Gasteiger partial charge on any atom is 0.265 e. The SMILES string of the molecule is O=C1c2cccc3c(N4c5ccccc5S(=O)c5ccccc54)ccc(c23)C(=O)N1c1ccccc1. The highest BCUT2D eigenvalue weighted by Crippen LogP contribution is 2.49. The van der Waals surface area contributed by atoms with Gasteiger partial charge >= 0.3 is 0 Å². The van der Waals surface area contributed by atoms with Crippen molar-refractivity contribution in [2.75, 3.05) is 9.80 Å². The van der Waals surface area contributed by atoms with Gasteiger partial charge in [0.1, 0.15) is 0 Å². The normalized spacial score (nSPS) is 14.7. The Balaban J connectivity index is 1.49. The van der Waals surface area contributed by atoms with Gasteiger partial charge in [-0.25, -0.2) is 9.11 Å². The first-order valence-corrected chi connectivity index (χ1v) is 12.7. The number of hydrogen-bond acceptors (Lipinski definition) is 4. The van der Waals surface area contributed by atoms with Crippen LogP contribution >= 0.6 is 0 Å². The molecule has 2 amide bonds. The highest BCUT2D eigenvalue weighted by molar-refractivity contribution is 7.85. The van der Waals surface area contributed by atoms with Gasteiger partial charge in [0, 0.05) is 21.9 Å². The minimum Gasteiger partial charge on any atom is -0.307 e. The molecule has 0 spiro atoms. The lowest BCUT2D eigenvalue weighted by Crippen LogP contribution is -2.40. The monoisotopic (exact) mass is 486 g/mol. The van der Waals surface area contributed by atoms with Crippen molar-refractivity contribution in [1.82, 2.24) is 0 Å². The van der Waals surface area contributed by atoms with Gasteiger partial charge in [0.15, 0.2) is 0 Å². The molecule has 0 fully saturated rings. The maximum atomic E-state index is 13.6. The Kier molecular flexibility index (Phi) is 4.46. The molecule has 0 unspecified atom stereocenters. The zero-order valence-corrected chi connectivity index (χ0v) is 19.7. The number of hydrogen-bond donors (Lipinski definition) is 0. The zero-order valence-electron chi connectivity index (χ0n) is 18.9. The largest absolute Gasteiger partial charge is 0.307 e. The first-order chi connectivity index (χ1) is 17.6. The number of para-hydroxylation sites is 3. The minimum atomic E-state index is -1.31. The summed E-state index contributed by atoms with van der Waals surface area (Å²) in [5, 5.41) is 1.43. The predicted molar refractivity (Wildman–Crippen MR) is 141 cm³/mol. The molecule has 0 N–H and O–H groups in total. The number of carbonyl (C=O) groups excluding carboxylic acids is 2. The topological polar surface area (TPSA) is 57.7 Å². The van der Waals surface area contributed by atoms with E-state index in [1.54, 1.807) is 24.3 Å². The third kappa shape index (κ3) is 2.79. The van der Waals surface area contributed by atoms with Crippen molar-refractivity contribution in [3.63, 3.8) is 0 Å². The van der Waals surface area contributed by atoms with Crippen molar-refractivity contribution in [2.24, 2.45) is 0 Å². The van der Waals surface area contributed by atoms with Crippen molar-refractivity contribution >= 4 is 56.1 Å². The maximum absolute atomic E-state index is 13.6. The summed E-state index contributed by atoms with van der Waals surface area (Å²) >= 11 is 0. The Morgan fingerprint density at radius 2 is 1.08 bits per heavy atom. The van der Waals surface area contributed by atoms with E-state index in [0.29, 0.717) is 22.2 Å². The van der Waals surface area contributed by atoms with E-state index in [1.165, 1.54) is 4.90 Å². The molecule has 0 saturated carbocycles. The fourth-order valence-corrected chi connectivity index (χ4v) is 6.53. The van der Waals surface area contributed by atoms with Crippen molar-refractivity contribution < 1.29 is 13.8 Å². The Morgan fingerprint density at radius 3 is 1.75 bits per heavy atom. The standard InChI is InChI=1S/C30H18N2O3S/c33-29-21-12-8-11-20-23(18-17-22(28(20)21)30(34)31(29)19-9-2-1-3-10-19)32-24-13-4-6-15-26(24)36(35)27-16-7-5-14-25(27)32/h1-18H. The lowest BCUT2D eigenvalue weighted by atomic mass is 9.92. The van der Waals surface area contributed by atoms with Crippen LogP contribution in [0.3, 0.4) is 0 Å². The van der Waals surface area contributed by atoms with E-state index in [9.17, 15) is 13.8 Å². The molecule has 0 aromatic heterocycles. The van der Waals surface area contributed by atoms with Crippen LogP contribution in [0.25, 0.3) is 10.8 Å². The summed E-state index contributed by atoms with van der Waals surface area (Å²) in [4.78, 5) is 31.9. The molecule has 0 saturated heterocycles. The average Bonchev–Trinajstić information content (AvgIpc) is 2.93. The van der Waals surface area contributed by atoms with Crippen molar-refractivity contribution in [3.05, 3.63) is 120 Å². The lowest BCUT2D eigenvalue weighted by Gasteiger charge is -2.34. The molecular weight excluding hydrogens is 468 g/mol. The van der Waals surface area contributed by atoms with Crippen LogP contribution in [0.1, 0.15) is 20.7 Å². The van der Waals surface area contributed by atoms with Crippen LogP contribution in [0.5, 0.6) is 0 Å². The number of imide groups is 1. The number of benzene rings is 5. The van der Waals surface area contributed by atoms with Gasteiger partial charge < -0.3 is 4.90 Å². The van der Waals surface area contributed by atoms with Crippen LogP contribution in [0.15, 0.2) is 119 Å². The second-order valence-electron chi connectivity index (χ2n) is 8.68. The molecule has 36 heavy (non-hydrogen) atoms. The molecule has 0 radical (unpaired) electrons. The smallest absolute Gasteiger partial charge is 0.265 e. The van der Waals surface area contributed by atoms with Crippen molar-refractivity contribution in [3.8, 4) is 0 Å². The summed E-state index contributed by atoms with van der Waals surface area (Å²) in [6.07, 6.45) is 0. The van der Waals surface area contributed by atoms with E-state index in [-0.39, 0.29) is 11.8 Å². The van der Waals surface area contributed by atoms with Crippen LogP contribution < -0.4 is 9.80 Å². The first kappa shape index (κ1) is 20.8. The van der Waals surface area contributed by atoms with Crippen LogP contribution in [0.2, 0.25) is 0 Å². The molecule has 0 bridgehead atoms. The van der Waals surface area contributed by atoms with Gasteiger partial charge in [-0.2, -0.15) is 0 Å². The van der Waals surface area contributed by atoms with Crippen LogP contribution in [0.4, 0.5) is 22.7 Å². The second-order valence-corrected chi connectivity index (χ2v) is 10.1. The van der Waals surface area contributed by atoms with E-state index in [2.05, 4.69) is 4.90 Å². The molecule has 5 nitrogen and oxygen atoms in total. The van der Waals surface area contributed by atoms with E-state index >= 15 is 0 Å². The number of nitrogens with zero attached hydrogens (tertiary/aromatic N) is 2. The van der Waals surface area contributed by atoms with Gasteiger partial charge in [-0.15, -0.1) is 0 Å². The third-order valence-electron chi connectivity index (χ3n) is 6.75. The summed E-state index contributed by atoms with van der Waals surface area (Å²) in [5.41, 5.74) is 3.95. The Labute approximate surface area is 209 Å². The van der Waals surface area contributed by atoms with Gasteiger partial charge in [0.05, 0.1) is 43.3 Å². The number of rotatable bonds is 2. The molecule has 0 aliphatic carbocycles. The van der Waals surface area contributed by atoms with Crippen LogP contribution in [0, 0.1) is 0 Å². The van der Waals surface area contributed by atoms with Gasteiger partial charge in [-0.05, 0) is 54.6 Å². The highest BCUT2D eigenvalue weighted by atomic mass is 32.2. The van der Waals surface area contributed by atoms with E-state index in [4.69, 9.17) is 0 Å². The van der Waals surface area contributed by atoms with Gasteiger partial charge in [-0.3, -0.25) is 9.59 Å². The molecule has 0 atom stereocenters. The van der Waals surface area contributed by atoms with Gasteiger partial charge in [-0.1, -0.05) is 54.6 Å². The quantitative estimate of drug-likeness (QED) is 0.259. The Morgan fingerprint density at radius 1 is 0.500 bits per heavy atom. The molecule has 2 aliphatic heterocycles. The van der Waals surface area contributed by atoms with Crippen molar-refractivity contribution in [2.45, 2.75) is 9.79 Å². The lowest BCUT2D eigenvalue weighted by molar-refractivity contribution is 0.0893. The molecule has 5 aromatic carbocycles. The number of anilines is 4. The summed E-state index contributed by atoms with van der Waals surface area (Å²) < 4.78 is 13.4. The number of carbonyl (C=O) groups is 2. The van der Waals surface area contributed by atoms with E-state index < -0.39 is 10.8 Å². The number of amides is 2. The summed E-state index contributed by atoms with van der Waals surface area (Å²) in [7, 11) is -1.31. The Hall–Kier alpha value is -4.55. The fraction of sp³-hybridized carbons (Fsp3) is 0. The molecule has 2 aliphatic rings. The van der Waals surface area contributed by atoms with Crippen molar-refractivity contribution in [1.29, 1.82) is 0 Å². The average molecular weight is 487 g/mol. The molecule has 5 aromatic rings. The summed E-state index contributed by atoms with van der Waals surface area (Å²) in [6, 6.07) is 33.5. The van der Waals surface area contributed by atoms with Crippen LogP contribution in [-0.4, -0.2) is 16.0 Å². The van der Waals surface area contributed by atoms with E-state index in [0.717, 1.165) is 32.2 Å². The van der Waals surface area contributed by atoms with Crippen LogP contribution in [-0.2, 0) is 10.8 Å². The predicted octanol–water partition coefficient (Wildman–Crippen LogP) is 6.59. The summed E-state index contributed by atoms with van der Waals surface area (Å²) in [6.45, 7) is 0. The molecule has 172 valence electrons. The molecular formula is C30H18N2O3S. The second kappa shape index (κ2) is 7.73. The minimum absolute atomic E-state index is 0.345. The van der Waals surface area contributed by atoms with E-state index in [1.807, 2.05) is 84.9 Å². The zero-order chi connectivity index (χ0) is 24.4. The fourth-order valence-electron chi connectivity index (χ4n) is 5.19. The highest BCUT2D eigenvalue weighted by Gasteiger charge is 2.36. The number of fused-ring (bicyclic) bond motifs is 2. The van der Waals surface area contributed by atoms with Gasteiger partial charge in [0.2, 0.25) is 0 Å². The first-order valence-electron chi connectivity index (χ1n) is 11.5. The molecule has 2 heterocycles. The Bertz CT molecular complexity index is 1690. The molecule has 7 rings (SSSR count).